The lowest BCUT2D eigenvalue weighted by molar-refractivity contribution is 0.501. The molecule has 0 aliphatic carbocycles. The smallest absolute Gasteiger partial charge is 0.159 e. The van der Waals surface area contributed by atoms with Crippen LogP contribution in [0.3, 0.4) is 0 Å². The highest BCUT2D eigenvalue weighted by Gasteiger charge is 2.10. The Balaban J connectivity index is 2.01. The standard InChI is InChI=1S/C15H17F2NS/c1-3-11-6-7-19-15(11)9-18-10(2)12-4-5-13(16)14(17)8-12/h4-8,10,18H,3,9H2,1-2H3. The Bertz CT molecular complexity index is 551. The minimum Gasteiger partial charge on any atom is -0.305 e. The third kappa shape index (κ3) is 3.39. The second-order valence-corrected chi connectivity index (χ2v) is 5.50. The Hall–Kier alpha value is -1.26. The van der Waals surface area contributed by atoms with E-state index in [4.69, 9.17) is 0 Å². The molecule has 0 aliphatic heterocycles. The van der Waals surface area contributed by atoms with E-state index in [0.717, 1.165) is 18.5 Å². The van der Waals surface area contributed by atoms with Crippen LogP contribution in [0.4, 0.5) is 8.78 Å². The Morgan fingerprint density at radius 1 is 1.21 bits per heavy atom. The molecule has 1 nitrogen and oxygen atoms in total. The lowest BCUT2D eigenvalue weighted by atomic mass is 10.1. The summed E-state index contributed by atoms with van der Waals surface area (Å²) in [5.74, 6) is -1.60. The molecule has 19 heavy (non-hydrogen) atoms. The van der Waals surface area contributed by atoms with Crippen LogP contribution in [0.5, 0.6) is 0 Å². The van der Waals surface area contributed by atoms with Crippen molar-refractivity contribution in [3.63, 3.8) is 0 Å². The molecule has 4 heteroatoms. The summed E-state index contributed by atoms with van der Waals surface area (Å²) in [5.41, 5.74) is 2.10. The summed E-state index contributed by atoms with van der Waals surface area (Å²) in [4.78, 5) is 1.30. The minimum absolute atomic E-state index is 0.0121. The molecule has 2 rings (SSSR count). The highest BCUT2D eigenvalue weighted by molar-refractivity contribution is 7.10. The van der Waals surface area contributed by atoms with Crippen LogP contribution in [0.15, 0.2) is 29.6 Å². The molecule has 2 aromatic rings. The molecule has 0 bridgehead atoms. The molecule has 0 saturated heterocycles. The summed E-state index contributed by atoms with van der Waals surface area (Å²) in [6.45, 7) is 4.83. The van der Waals surface area contributed by atoms with Gasteiger partial charge >= 0.3 is 0 Å². The van der Waals surface area contributed by atoms with Crippen molar-refractivity contribution < 1.29 is 8.78 Å². The van der Waals surface area contributed by atoms with Crippen LogP contribution < -0.4 is 5.32 Å². The molecule has 0 fully saturated rings. The Morgan fingerprint density at radius 3 is 2.68 bits per heavy atom. The maximum atomic E-state index is 13.2. The zero-order chi connectivity index (χ0) is 13.8. The monoisotopic (exact) mass is 281 g/mol. The van der Waals surface area contributed by atoms with Crippen molar-refractivity contribution in [1.82, 2.24) is 5.32 Å². The van der Waals surface area contributed by atoms with Gasteiger partial charge in [0.15, 0.2) is 11.6 Å². The van der Waals surface area contributed by atoms with Crippen molar-refractivity contribution in [3.05, 3.63) is 57.3 Å². The molecule has 0 spiro atoms. The van der Waals surface area contributed by atoms with Gasteiger partial charge < -0.3 is 5.32 Å². The molecular weight excluding hydrogens is 264 g/mol. The van der Waals surface area contributed by atoms with E-state index in [2.05, 4.69) is 23.7 Å². The molecule has 1 N–H and O–H groups in total. The van der Waals surface area contributed by atoms with Crippen molar-refractivity contribution in [2.45, 2.75) is 32.9 Å². The van der Waals surface area contributed by atoms with Gasteiger partial charge in [-0.05, 0) is 48.1 Å². The van der Waals surface area contributed by atoms with E-state index in [1.54, 1.807) is 17.4 Å². The van der Waals surface area contributed by atoms with Gasteiger partial charge in [-0.1, -0.05) is 13.0 Å². The molecule has 102 valence electrons. The molecular formula is C15H17F2NS. The molecule has 0 saturated carbocycles. The number of rotatable bonds is 5. The summed E-state index contributed by atoms with van der Waals surface area (Å²) in [5, 5.41) is 5.43. The van der Waals surface area contributed by atoms with Gasteiger partial charge in [-0.15, -0.1) is 11.3 Å². The van der Waals surface area contributed by atoms with Crippen LogP contribution in [-0.4, -0.2) is 0 Å². The summed E-state index contributed by atoms with van der Waals surface area (Å²) in [6, 6.07) is 6.16. The normalized spacial score (nSPS) is 12.6. The summed E-state index contributed by atoms with van der Waals surface area (Å²) < 4.78 is 26.0. The SMILES string of the molecule is CCc1ccsc1CNC(C)c1ccc(F)c(F)c1. The van der Waals surface area contributed by atoms with Crippen LogP contribution in [0.2, 0.25) is 0 Å². The van der Waals surface area contributed by atoms with Gasteiger partial charge in [0.25, 0.3) is 0 Å². The number of hydrogen-bond donors (Lipinski definition) is 1. The predicted octanol–water partition coefficient (Wildman–Crippen LogP) is 4.44. The van der Waals surface area contributed by atoms with Crippen molar-refractivity contribution in [3.8, 4) is 0 Å². The first-order valence-corrected chi connectivity index (χ1v) is 7.23. The van der Waals surface area contributed by atoms with E-state index in [-0.39, 0.29) is 6.04 Å². The highest BCUT2D eigenvalue weighted by atomic mass is 32.1. The van der Waals surface area contributed by atoms with Gasteiger partial charge in [0, 0.05) is 17.5 Å². The minimum atomic E-state index is -0.803. The number of hydrogen-bond acceptors (Lipinski definition) is 2. The first-order chi connectivity index (χ1) is 9.11. The average Bonchev–Trinajstić information content (AvgIpc) is 2.86. The summed E-state index contributed by atoms with van der Waals surface area (Å²) in [7, 11) is 0. The van der Waals surface area contributed by atoms with Gasteiger partial charge in [0.2, 0.25) is 0 Å². The van der Waals surface area contributed by atoms with E-state index >= 15 is 0 Å². The van der Waals surface area contributed by atoms with Gasteiger partial charge in [-0.25, -0.2) is 8.78 Å². The predicted molar refractivity (Wildman–Crippen MR) is 75.3 cm³/mol. The summed E-state index contributed by atoms with van der Waals surface area (Å²) in [6.07, 6.45) is 1.01. The number of aryl methyl sites for hydroxylation is 1. The van der Waals surface area contributed by atoms with E-state index < -0.39 is 11.6 Å². The third-order valence-electron chi connectivity index (χ3n) is 3.23. The van der Waals surface area contributed by atoms with Crippen molar-refractivity contribution in [2.75, 3.05) is 0 Å². The lowest BCUT2D eigenvalue weighted by Crippen LogP contribution is -2.18. The Labute approximate surface area is 116 Å². The second-order valence-electron chi connectivity index (χ2n) is 4.50. The van der Waals surface area contributed by atoms with E-state index in [9.17, 15) is 8.78 Å². The fourth-order valence-electron chi connectivity index (χ4n) is 1.98. The van der Waals surface area contributed by atoms with Crippen LogP contribution >= 0.6 is 11.3 Å². The second kappa shape index (κ2) is 6.26. The van der Waals surface area contributed by atoms with Gasteiger partial charge in [0.05, 0.1) is 0 Å². The molecule has 0 aliphatic rings. The number of nitrogens with one attached hydrogen (secondary N) is 1. The molecule has 1 heterocycles. The van der Waals surface area contributed by atoms with E-state index in [1.165, 1.54) is 22.6 Å². The largest absolute Gasteiger partial charge is 0.305 e. The maximum Gasteiger partial charge on any atom is 0.159 e. The molecule has 0 amide bonds. The Morgan fingerprint density at radius 2 is 2.00 bits per heavy atom. The average molecular weight is 281 g/mol. The van der Waals surface area contributed by atoms with Gasteiger partial charge in [-0.2, -0.15) is 0 Å². The first-order valence-electron chi connectivity index (χ1n) is 6.35. The topological polar surface area (TPSA) is 12.0 Å². The van der Waals surface area contributed by atoms with Crippen molar-refractivity contribution >= 4 is 11.3 Å². The summed E-state index contributed by atoms with van der Waals surface area (Å²) >= 11 is 1.72. The zero-order valence-corrected chi connectivity index (χ0v) is 11.9. The maximum absolute atomic E-state index is 13.2. The molecule has 1 atom stereocenters. The van der Waals surface area contributed by atoms with Gasteiger partial charge in [-0.3, -0.25) is 0 Å². The fourth-order valence-corrected chi connectivity index (χ4v) is 2.91. The molecule has 0 radical (unpaired) electrons. The third-order valence-corrected chi connectivity index (χ3v) is 4.19. The van der Waals surface area contributed by atoms with Gasteiger partial charge in [0.1, 0.15) is 0 Å². The van der Waals surface area contributed by atoms with E-state index in [1.807, 2.05) is 6.92 Å². The number of thiophene rings is 1. The van der Waals surface area contributed by atoms with Crippen LogP contribution in [0, 0.1) is 11.6 Å². The number of halogens is 2. The lowest BCUT2D eigenvalue weighted by Gasteiger charge is -2.14. The molecule has 1 aromatic heterocycles. The van der Waals surface area contributed by atoms with Crippen LogP contribution in [0.1, 0.15) is 35.9 Å². The van der Waals surface area contributed by atoms with E-state index in [0.29, 0.717) is 0 Å². The molecule has 1 aromatic carbocycles. The van der Waals surface area contributed by atoms with Crippen LogP contribution in [-0.2, 0) is 13.0 Å². The highest BCUT2D eigenvalue weighted by Crippen LogP contribution is 2.20. The first kappa shape index (κ1) is 14.2. The van der Waals surface area contributed by atoms with Crippen LogP contribution in [0.25, 0.3) is 0 Å². The number of benzene rings is 1. The quantitative estimate of drug-likeness (QED) is 0.854. The fraction of sp³-hybridized carbons (Fsp3) is 0.333. The molecule has 1 unspecified atom stereocenters. The Kier molecular flexibility index (Phi) is 4.66. The van der Waals surface area contributed by atoms with Crippen molar-refractivity contribution in [2.24, 2.45) is 0 Å². The van der Waals surface area contributed by atoms with Crippen molar-refractivity contribution in [1.29, 1.82) is 0 Å². The zero-order valence-electron chi connectivity index (χ0n) is 11.0.